The first kappa shape index (κ1) is 16.4. The van der Waals surface area contributed by atoms with E-state index in [2.05, 4.69) is 0 Å². The molecule has 0 spiro atoms. The Hall–Kier alpha value is -0.555. The van der Waals surface area contributed by atoms with Crippen LogP contribution in [0.25, 0.3) is 0 Å². The first-order valence-electron chi connectivity index (χ1n) is 6.07. The zero-order valence-electron chi connectivity index (χ0n) is 10.4. The van der Waals surface area contributed by atoms with Gasteiger partial charge in [0.1, 0.15) is 0 Å². The van der Waals surface area contributed by atoms with Gasteiger partial charge in [-0.2, -0.15) is 0 Å². The average molecular weight is 246 g/mol. The summed E-state index contributed by atoms with van der Waals surface area (Å²) in [7, 11) is -1.66. The Labute approximate surface area is 103 Å². The third-order valence-corrected chi connectivity index (χ3v) is 2.27. The van der Waals surface area contributed by atoms with E-state index in [0.29, 0.717) is 0 Å². The summed E-state index contributed by atoms with van der Waals surface area (Å²) in [5, 5.41) is 33.1. The summed E-state index contributed by atoms with van der Waals surface area (Å²) in [6.45, 7) is 1.39. The molecule has 5 nitrogen and oxygen atoms in total. The van der Waals surface area contributed by atoms with Gasteiger partial charge in [-0.05, 0) is 32.3 Å². The molecule has 0 saturated heterocycles. The Morgan fingerprint density at radius 1 is 1.29 bits per heavy atom. The normalized spacial score (nSPS) is 17.8. The fourth-order valence-electron chi connectivity index (χ4n) is 1.40. The molecule has 0 aromatic heterocycles. The van der Waals surface area contributed by atoms with E-state index in [1.54, 1.807) is 0 Å². The maximum atomic E-state index is 8.56. The quantitative estimate of drug-likeness (QED) is 0.546. The maximum Gasteiger partial charge on any atom is 0.707 e. The van der Waals surface area contributed by atoms with Gasteiger partial charge in [0.25, 0.3) is 0 Å². The zero-order chi connectivity index (χ0) is 13.1. The van der Waals surface area contributed by atoms with Gasteiger partial charge in [-0.3, -0.25) is 0 Å². The molecule has 0 heterocycles. The molecule has 0 aromatic carbocycles. The van der Waals surface area contributed by atoms with Gasteiger partial charge in [0, 0.05) is 6.42 Å². The molecule has 4 N–H and O–H groups in total. The SMILES string of the molecule is CC(O)CO.OB(O)OC1=CCCCCCC1. The third kappa shape index (κ3) is 11.7. The average Bonchev–Trinajstić information content (AvgIpc) is 2.22. The molecule has 0 aromatic rings. The second-order valence-electron chi connectivity index (χ2n) is 4.10. The molecular weight excluding hydrogens is 223 g/mol. The topological polar surface area (TPSA) is 90.2 Å². The monoisotopic (exact) mass is 246 g/mol. The van der Waals surface area contributed by atoms with Crippen molar-refractivity contribution in [3.8, 4) is 0 Å². The lowest BCUT2D eigenvalue weighted by molar-refractivity contribution is 0.110. The van der Waals surface area contributed by atoms with Crippen LogP contribution in [0.4, 0.5) is 0 Å². The zero-order valence-corrected chi connectivity index (χ0v) is 10.4. The second kappa shape index (κ2) is 10.6. The van der Waals surface area contributed by atoms with Gasteiger partial charge < -0.3 is 24.9 Å². The third-order valence-electron chi connectivity index (χ3n) is 2.27. The van der Waals surface area contributed by atoms with E-state index in [4.69, 9.17) is 24.9 Å². The molecule has 0 amide bonds. The van der Waals surface area contributed by atoms with Gasteiger partial charge in [-0.1, -0.05) is 12.8 Å². The van der Waals surface area contributed by atoms with Crippen LogP contribution < -0.4 is 0 Å². The fourth-order valence-corrected chi connectivity index (χ4v) is 1.40. The predicted molar refractivity (Wildman–Crippen MR) is 65.8 cm³/mol. The van der Waals surface area contributed by atoms with Crippen molar-refractivity contribution in [3.05, 3.63) is 11.8 Å². The van der Waals surface area contributed by atoms with Gasteiger partial charge in [-0.25, -0.2) is 0 Å². The number of aliphatic hydroxyl groups is 2. The van der Waals surface area contributed by atoms with Crippen LogP contribution in [0.1, 0.15) is 45.4 Å². The van der Waals surface area contributed by atoms with E-state index < -0.39 is 13.4 Å². The first-order chi connectivity index (χ1) is 8.06. The maximum absolute atomic E-state index is 8.56. The first-order valence-corrected chi connectivity index (χ1v) is 6.07. The highest BCUT2D eigenvalue weighted by Crippen LogP contribution is 2.17. The fraction of sp³-hybridized carbons (Fsp3) is 0.818. The summed E-state index contributed by atoms with van der Waals surface area (Å²) in [6, 6.07) is 0. The van der Waals surface area contributed by atoms with Crippen LogP contribution in [0.3, 0.4) is 0 Å². The minimum Gasteiger partial charge on any atom is -0.516 e. The van der Waals surface area contributed by atoms with Crippen molar-refractivity contribution in [2.75, 3.05) is 6.61 Å². The molecule has 1 aliphatic rings. The largest absolute Gasteiger partial charge is 0.707 e. The number of allylic oxidation sites excluding steroid dienone is 2. The van der Waals surface area contributed by atoms with Crippen molar-refractivity contribution in [1.29, 1.82) is 0 Å². The minimum absolute atomic E-state index is 0.139. The molecule has 6 heteroatoms. The molecule has 0 fully saturated rings. The summed E-state index contributed by atoms with van der Waals surface area (Å²) in [5.74, 6) is 0.727. The van der Waals surface area contributed by atoms with Crippen LogP contribution in [-0.4, -0.2) is 40.3 Å². The second-order valence-corrected chi connectivity index (χ2v) is 4.10. The number of rotatable bonds is 3. The Balaban J connectivity index is 0.000000437. The van der Waals surface area contributed by atoms with Crippen LogP contribution >= 0.6 is 0 Å². The Bertz CT molecular complexity index is 206. The molecule has 0 saturated carbocycles. The number of aliphatic hydroxyl groups excluding tert-OH is 2. The molecule has 1 aliphatic carbocycles. The van der Waals surface area contributed by atoms with Crippen molar-refractivity contribution in [2.45, 2.75) is 51.6 Å². The van der Waals surface area contributed by atoms with Crippen LogP contribution in [0.15, 0.2) is 11.8 Å². The molecule has 0 aliphatic heterocycles. The van der Waals surface area contributed by atoms with Crippen molar-refractivity contribution < 1.29 is 24.9 Å². The van der Waals surface area contributed by atoms with E-state index in [0.717, 1.165) is 25.0 Å². The van der Waals surface area contributed by atoms with E-state index in [-0.39, 0.29) is 6.61 Å². The highest BCUT2D eigenvalue weighted by molar-refractivity contribution is 6.33. The summed E-state index contributed by atoms with van der Waals surface area (Å²) in [4.78, 5) is 0. The van der Waals surface area contributed by atoms with Gasteiger partial charge >= 0.3 is 7.32 Å². The van der Waals surface area contributed by atoms with Crippen LogP contribution in [0.5, 0.6) is 0 Å². The summed E-state index contributed by atoms with van der Waals surface area (Å²) < 4.78 is 4.80. The van der Waals surface area contributed by atoms with Crippen LogP contribution in [-0.2, 0) is 4.65 Å². The Morgan fingerprint density at radius 3 is 2.41 bits per heavy atom. The Morgan fingerprint density at radius 2 is 1.88 bits per heavy atom. The van der Waals surface area contributed by atoms with Gasteiger partial charge in [0.2, 0.25) is 0 Å². The van der Waals surface area contributed by atoms with E-state index in [9.17, 15) is 0 Å². The molecule has 0 bridgehead atoms. The lowest BCUT2D eigenvalue weighted by Gasteiger charge is -2.12. The van der Waals surface area contributed by atoms with Gasteiger partial charge in [0.05, 0.1) is 18.5 Å². The van der Waals surface area contributed by atoms with Crippen molar-refractivity contribution >= 4 is 7.32 Å². The van der Waals surface area contributed by atoms with Gasteiger partial charge in [-0.15, -0.1) is 0 Å². The lowest BCUT2D eigenvalue weighted by atomic mass is 10.0. The smallest absolute Gasteiger partial charge is 0.516 e. The molecule has 1 rings (SSSR count). The summed E-state index contributed by atoms with van der Waals surface area (Å²) in [6.07, 6.45) is 7.95. The standard InChI is InChI=1S/C8H15BO3.C3H8O2/c10-9(11)12-8-6-4-2-1-3-5-7-8;1-3(5)2-4/h6,10-11H,1-5,7H2;3-5H,2H2,1H3. The number of hydrogen-bond acceptors (Lipinski definition) is 5. The summed E-state index contributed by atoms with van der Waals surface area (Å²) >= 11 is 0. The van der Waals surface area contributed by atoms with Gasteiger partial charge in [0.15, 0.2) is 0 Å². The van der Waals surface area contributed by atoms with E-state index in [1.165, 1.54) is 26.2 Å². The molecule has 1 atom stereocenters. The molecule has 0 radical (unpaired) electrons. The van der Waals surface area contributed by atoms with Crippen molar-refractivity contribution in [3.63, 3.8) is 0 Å². The van der Waals surface area contributed by atoms with Crippen molar-refractivity contribution in [2.24, 2.45) is 0 Å². The van der Waals surface area contributed by atoms with E-state index in [1.807, 2.05) is 6.08 Å². The van der Waals surface area contributed by atoms with Crippen molar-refractivity contribution in [1.82, 2.24) is 0 Å². The highest BCUT2D eigenvalue weighted by atomic mass is 16.6. The minimum atomic E-state index is -1.66. The predicted octanol–water partition coefficient (Wildman–Crippen LogP) is 0.570. The molecule has 17 heavy (non-hydrogen) atoms. The van der Waals surface area contributed by atoms with Crippen LogP contribution in [0, 0.1) is 0 Å². The lowest BCUT2D eigenvalue weighted by Crippen LogP contribution is -2.16. The number of hydrogen-bond donors (Lipinski definition) is 4. The molecule has 100 valence electrons. The molecule has 1 unspecified atom stereocenters. The van der Waals surface area contributed by atoms with Crippen LogP contribution in [0.2, 0.25) is 0 Å². The Kier molecular flexibility index (Phi) is 10.2. The highest BCUT2D eigenvalue weighted by Gasteiger charge is 2.13. The molecular formula is C11H23BO5. The summed E-state index contributed by atoms with van der Waals surface area (Å²) in [5.41, 5.74) is 0. The van der Waals surface area contributed by atoms with E-state index >= 15 is 0 Å².